The third-order valence-electron chi connectivity index (χ3n) is 2.94. The first kappa shape index (κ1) is 12.5. The number of fused-ring (bicyclic) bond motifs is 1. The number of hydrogen-bond donors (Lipinski definition) is 2. The Kier molecular flexibility index (Phi) is 3.24. The molecular formula is C13H17N7. The fourth-order valence-electron chi connectivity index (χ4n) is 2.05. The van der Waals surface area contributed by atoms with Crippen molar-refractivity contribution in [3.63, 3.8) is 0 Å². The molecule has 3 aromatic rings. The molecule has 0 aliphatic rings. The van der Waals surface area contributed by atoms with Crippen molar-refractivity contribution in [2.45, 2.75) is 13.5 Å². The first-order valence-electron chi connectivity index (χ1n) is 6.56. The van der Waals surface area contributed by atoms with Gasteiger partial charge in [-0.05, 0) is 13.0 Å². The van der Waals surface area contributed by atoms with Crippen LogP contribution in [0.2, 0.25) is 0 Å². The summed E-state index contributed by atoms with van der Waals surface area (Å²) in [6, 6.07) is 1.98. The number of nitrogens with zero attached hydrogens (tertiary/aromatic N) is 5. The van der Waals surface area contributed by atoms with Crippen LogP contribution in [0.5, 0.6) is 0 Å². The molecule has 20 heavy (non-hydrogen) atoms. The number of anilines is 2. The lowest BCUT2D eigenvalue weighted by Gasteiger charge is -2.09. The molecule has 2 N–H and O–H groups in total. The van der Waals surface area contributed by atoms with Gasteiger partial charge in [0.1, 0.15) is 5.82 Å². The third-order valence-corrected chi connectivity index (χ3v) is 2.94. The zero-order chi connectivity index (χ0) is 13.9. The summed E-state index contributed by atoms with van der Waals surface area (Å²) in [5, 5.41) is 10.8. The van der Waals surface area contributed by atoms with Gasteiger partial charge in [0.15, 0.2) is 11.5 Å². The molecule has 0 aliphatic heterocycles. The number of aryl methyl sites for hydroxylation is 1. The monoisotopic (exact) mass is 271 g/mol. The maximum absolute atomic E-state index is 4.54. The second kappa shape index (κ2) is 5.20. The Morgan fingerprint density at radius 1 is 1.25 bits per heavy atom. The van der Waals surface area contributed by atoms with Gasteiger partial charge in [0.25, 0.3) is 0 Å². The summed E-state index contributed by atoms with van der Waals surface area (Å²) >= 11 is 0. The van der Waals surface area contributed by atoms with Gasteiger partial charge < -0.3 is 15.0 Å². The average molecular weight is 271 g/mol. The summed E-state index contributed by atoms with van der Waals surface area (Å²) in [7, 11) is 1.90. The highest BCUT2D eigenvalue weighted by Gasteiger charge is 2.07. The maximum Gasteiger partial charge on any atom is 0.180 e. The van der Waals surface area contributed by atoms with Crippen molar-refractivity contribution in [2.75, 3.05) is 17.2 Å². The van der Waals surface area contributed by atoms with Crippen molar-refractivity contribution in [3.8, 4) is 0 Å². The van der Waals surface area contributed by atoms with Gasteiger partial charge in [-0.25, -0.2) is 9.97 Å². The van der Waals surface area contributed by atoms with Crippen LogP contribution >= 0.6 is 0 Å². The zero-order valence-corrected chi connectivity index (χ0v) is 11.5. The van der Waals surface area contributed by atoms with E-state index in [9.17, 15) is 0 Å². The lowest BCUT2D eigenvalue weighted by molar-refractivity contribution is 0.747. The minimum absolute atomic E-state index is 0.617. The topological polar surface area (TPSA) is 72.1 Å². The van der Waals surface area contributed by atoms with Crippen molar-refractivity contribution in [1.82, 2.24) is 24.1 Å². The molecule has 7 nitrogen and oxygen atoms in total. The van der Waals surface area contributed by atoms with Gasteiger partial charge in [0, 0.05) is 32.2 Å². The molecule has 7 heteroatoms. The predicted octanol–water partition coefficient (Wildman–Crippen LogP) is 1.51. The summed E-state index contributed by atoms with van der Waals surface area (Å²) in [4.78, 5) is 8.87. The fraction of sp³-hybridized carbons (Fsp3) is 0.308. The molecule has 3 aromatic heterocycles. The normalized spacial score (nSPS) is 10.9. The third kappa shape index (κ3) is 2.42. The molecule has 0 aliphatic carbocycles. The SMILES string of the molecule is CCNc1cn2ccnc2c(NCc2ccn(C)n2)n1. The van der Waals surface area contributed by atoms with Gasteiger partial charge in [-0.1, -0.05) is 0 Å². The van der Waals surface area contributed by atoms with Crippen molar-refractivity contribution < 1.29 is 0 Å². The zero-order valence-electron chi connectivity index (χ0n) is 11.5. The smallest absolute Gasteiger partial charge is 0.180 e. The van der Waals surface area contributed by atoms with Gasteiger partial charge in [-0.3, -0.25) is 4.68 Å². The summed E-state index contributed by atoms with van der Waals surface area (Å²) < 4.78 is 3.73. The molecule has 3 rings (SSSR count). The lowest BCUT2D eigenvalue weighted by Crippen LogP contribution is -2.08. The Hall–Kier alpha value is -2.57. The van der Waals surface area contributed by atoms with Gasteiger partial charge in [0.2, 0.25) is 0 Å². The molecule has 0 saturated heterocycles. The van der Waals surface area contributed by atoms with Crippen LogP contribution in [0.3, 0.4) is 0 Å². The highest BCUT2D eigenvalue weighted by atomic mass is 15.3. The van der Waals surface area contributed by atoms with Crippen LogP contribution in [0, 0.1) is 0 Å². The van der Waals surface area contributed by atoms with Crippen molar-refractivity contribution in [3.05, 3.63) is 36.5 Å². The van der Waals surface area contributed by atoms with Crippen LogP contribution in [-0.4, -0.2) is 30.7 Å². The molecule has 0 spiro atoms. The van der Waals surface area contributed by atoms with Crippen molar-refractivity contribution in [2.24, 2.45) is 7.05 Å². The first-order chi connectivity index (χ1) is 9.76. The lowest BCUT2D eigenvalue weighted by atomic mass is 10.4. The highest BCUT2D eigenvalue weighted by Crippen LogP contribution is 2.16. The van der Waals surface area contributed by atoms with Crippen LogP contribution < -0.4 is 10.6 Å². The standard InChI is InChI=1S/C13H17N7/c1-3-14-11-9-20-7-5-15-13(20)12(17-11)16-8-10-4-6-19(2)18-10/h4-7,9,14H,3,8H2,1-2H3,(H,16,17). The van der Waals surface area contributed by atoms with E-state index in [0.717, 1.165) is 29.5 Å². The van der Waals surface area contributed by atoms with E-state index in [2.05, 4.69) is 25.7 Å². The second-order valence-electron chi connectivity index (χ2n) is 4.50. The summed E-state index contributed by atoms with van der Waals surface area (Å²) in [6.07, 6.45) is 7.52. The second-order valence-corrected chi connectivity index (χ2v) is 4.50. The van der Waals surface area contributed by atoms with Gasteiger partial charge in [-0.15, -0.1) is 0 Å². The van der Waals surface area contributed by atoms with E-state index in [1.54, 1.807) is 10.9 Å². The van der Waals surface area contributed by atoms with Gasteiger partial charge >= 0.3 is 0 Å². The van der Waals surface area contributed by atoms with Crippen LogP contribution in [0.15, 0.2) is 30.9 Å². The molecule has 104 valence electrons. The van der Waals surface area contributed by atoms with E-state index in [1.807, 2.05) is 43.0 Å². The number of nitrogens with one attached hydrogen (secondary N) is 2. The van der Waals surface area contributed by atoms with Crippen LogP contribution in [0.1, 0.15) is 12.6 Å². The van der Waals surface area contributed by atoms with Crippen molar-refractivity contribution >= 4 is 17.3 Å². The molecule has 3 heterocycles. The summed E-state index contributed by atoms with van der Waals surface area (Å²) in [5.41, 5.74) is 1.77. The Morgan fingerprint density at radius 2 is 2.15 bits per heavy atom. The molecule has 0 atom stereocenters. The molecule has 0 fully saturated rings. The van der Waals surface area contributed by atoms with E-state index in [1.165, 1.54) is 0 Å². The number of aromatic nitrogens is 5. The molecular weight excluding hydrogens is 254 g/mol. The number of rotatable bonds is 5. The minimum atomic E-state index is 0.617. The maximum atomic E-state index is 4.54. The van der Waals surface area contributed by atoms with Crippen LogP contribution in [0.4, 0.5) is 11.6 Å². The Morgan fingerprint density at radius 3 is 2.90 bits per heavy atom. The predicted molar refractivity (Wildman–Crippen MR) is 77.7 cm³/mol. The Bertz CT molecular complexity index is 712. The molecule has 0 unspecified atom stereocenters. The quantitative estimate of drug-likeness (QED) is 0.736. The van der Waals surface area contributed by atoms with E-state index < -0.39 is 0 Å². The molecule has 0 amide bonds. The van der Waals surface area contributed by atoms with Gasteiger partial charge in [0.05, 0.1) is 18.4 Å². The average Bonchev–Trinajstić information content (AvgIpc) is 3.05. The number of hydrogen-bond acceptors (Lipinski definition) is 5. The number of imidazole rings is 1. The molecule has 0 radical (unpaired) electrons. The largest absolute Gasteiger partial charge is 0.369 e. The summed E-state index contributed by atoms with van der Waals surface area (Å²) in [6.45, 7) is 3.49. The van der Waals surface area contributed by atoms with E-state index in [0.29, 0.717) is 6.54 Å². The molecule has 0 saturated carbocycles. The highest BCUT2D eigenvalue weighted by molar-refractivity contribution is 5.65. The van der Waals surface area contributed by atoms with Crippen LogP contribution in [0.25, 0.3) is 5.65 Å². The van der Waals surface area contributed by atoms with Crippen molar-refractivity contribution in [1.29, 1.82) is 0 Å². The minimum Gasteiger partial charge on any atom is -0.369 e. The molecule has 0 bridgehead atoms. The van der Waals surface area contributed by atoms with Gasteiger partial charge in [-0.2, -0.15) is 5.10 Å². The van der Waals surface area contributed by atoms with Crippen LogP contribution in [-0.2, 0) is 13.6 Å². The Balaban J connectivity index is 1.87. The van der Waals surface area contributed by atoms with E-state index in [-0.39, 0.29) is 0 Å². The Labute approximate surface area is 116 Å². The van der Waals surface area contributed by atoms with E-state index in [4.69, 9.17) is 0 Å². The summed E-state index contributed by atoms with van der Waals surface area (Å²) in [5.74, 6) is 1.57. The van der Waals surface area contributed by atoms with E-state index >= 15 is 0 Å². The fourth-order valence-corrected chi connectivity index (χ4v) is 2.05. The molecule has 0 aromatic carbocycles. The first-order valence-corrected chi connectivity index (χ1v) is 6.56.